The van der Waals surface area contributed by atoms with Crippen LogP contribution in [-0.2, 0) is 12.0 Å². The lowest BCUT2D eigenvalue weighted by Gasteiger charge is -2.20. The third-order valence-corrected chi connectivity index (χ3v) is 5.42. The van der Waals surface area contributed by atoms with E-state index >= 15 is 0 Å². The molecular formula is C26H25FN4O2. The van der Waals surface area contributed by atoms with Crippen LogP contribution < -0.4 is 11.1 Å². The topological polar surface area (TPSA) is 94.0 Å². The number of rotatable bonds is 7. The summed E-state index contributed by atoms with van der Waals surface area (Å²) < 4.78 is 19.0. The van der Waals surface area contributed by atoms with Gasteiger partial charge in [0.15, 0.2) is 0 Å². The van der Waals surface area contributed by atoms with Crippen LogP contribution in [-0.4, -0.2) is 16.1 Å². The SMILES string of the molecule is CC(NC(=O)c1cccc(-c2nnc(C(C)(N)Cc3ccccc3)o2)c1)c1ccc(F)cc1. The van der Waals surface area contributed by atoms with Gasteiger partial charge in [0, 0.05) is 11.1 Å². The standard InChI is InChI=1S/C26H25FN4O2/c1-17(19-11-13-22(27)14-12-19)29-23(32)20-9-6-10-21(15-20)24-30-31-25(33-24)26(2,28)16-18-7-4-3-5-8-18/h3-15,17H,16,28H2,1-2H3,(H,29,32). The van der Waals surface area contributed by atoms with Crippen molar-refractivity contribution < 1.29 is 13.6 Å². The van der Waals surface area contributed by atoms with Crippen molar-refractivity contribution in [1.82, 2.24) is 15.5 Å². The van der Waals surface area contributed by atoms with Crippen LogP contribution >= 0.6 is 0 Å². The Morgan fingerprint density at radius 2 is 1.79 bits per heavy atom. The molecule has 7 heteroatoms. The summed E-state index contributed by atoms with van der Waals surface area (Å²) in [5.41, 5.74) is 8.57. The van der Waals surface area contributed by atoms with Gasteiger partial charge in [-0.3, -0.25) is 4.79 Å². The molecule has 0 saturated carbocycles. The zero-order valence-corrected chi connectivity index (χ0v) is 18.5. The Labute approximate surface area is 191 Å². The van der Waals surface area contributed by atoms with Gasteiger partial charge in [-0.25, -0.2) is 4.39 Å². The number of nitrogens with one attached hydrogen (secondary N) is 1. The highest BCUT2D eigenvalue weighted by atomic mass is 19.1. The predicted octanol–water partition coefficient (Wildman–Crippen LogP) is 4.78. The van der Waals surface area contributed by atoms with Gasteiger partial charge in [-0.2, -0.15) is 0 Å². The molecule has 168 valence electrons. The molecule has 1 amide bonds. The summed E-state index contributed by atoms with van der Waals surface area (Å²) in [6.07, 6.45) is 0.541. The van der Waals surface area contributed by atoms with E-state index in [0.29, 0.717) is 23.4 Å². The summed E-state index contributed by atoms with van der Waals surface area (Å²) >= 11 is 0. The zero-order valence-electron chi connectivity index (χ0n) is 18.5. The summed E-state index contributed by atoms with van der Waals surface area (Å²) in [5.74, 6) is 0.0273. The monoisotopic (exact) mass is 444 g/mol. The van der Waals surface area contributed by atoms with Crippen molar-refractivity contribution in [3.8, 4) is 11.5 Å². The van der Waals surface area contributed by atoms with E-state index in [-0.39, 0.29) is 23.7 Å². The van der Waals surface area contributed by atoms with E-state index in [1.54, 1.807) is 36.4 Å². The molecule has 4 aromatic rings. The largest absolute Gasteiger partial charge is 0.419 e. The van der Waals surface area contributed by atoms with Crippen molar-refractivity contribution in [3.63, 3.8) is 0 Å². The molecule has 4 rings (SSSR count). The van der Waals surface area contributed by atoms with E-state index in [9.17, 15) is 9.18 Å². The van der Waals surface area contributed by atoms with Gasteiger partial charge < -0.3 is 15.5 Å². The second-order valence-electron chi connectivity index (χ2n) is 8.32. The number of benzene rings is 3. The highest BCUT2D eigenvalue weighted by Gasteiger charge is 2.29. The minimum Gasteiger partial charge on any atom is -0.419 e. The first-order chi connectivity index (χ1) is 15.8. The maximum atomic E-state index is 13.2. The number of aromatic nitrogens is 2. The number of carbonyl (C=O) groups is 1. The quantitative estimate of drug-likeness (QED) is 0.428. The molecule has 2 unspecified atom stereocenters. The molecule has 0 aliphatic carbocycles. The van der Waals surface area contributed by atoms with E-state index in [1.807, 2.05) is 44.2 Å². The molecule has 0 bridgehead atoms. The first-order valence-corrected chi connectivity index (χ1v) is 10.7. The number of halogens is 1. The highest BCUT2D eigenvalue weighted by molar-refractivity contribution is 5.95. The van der Waals surface area contributed by atoms with Crippen LogP contribution in [0.15, 0.2) is 83.3 Å². The Bertz CT molecular complexity index is 1240. The molecule has 0 fully saturated rings. The van der Waals surface area contributed by atoms with Gasteiger partial charge in [0.25, 0.3) is 5.91 Å². The lowest BCUT2D eigenvalue weighted by Crippen LogP contribution is -2.35. The number of nitrogens with zero attached hydrogens (tertiary/aromatic N) is 2. The van der Waals surface area contributed by atoms with Crippen molar-refractivity contribution in [3.05, 3.63) is 107 Å². The number of hydrogen-bond donors (Lipinski definition) is 2. The van der Waals surface area contributed by atoms with Crippen LogP contribution in [0.5, 0.6) is 0 Å². The van der Waals surface area contributed by atoms with E-state index < -0.39 is 5.54 Å². The summed E-state index contributed by atoms with van der Waals surface area (Å²) in [5, 5.41) is 11.2. The second-order valence-corrected chi connectivity index (χ2v) is 8.32. The number of carbonyl (C=O) groups excluding carboxylic acids is 1. The fourth-order valence-corrected chi connectivity index (χ4v) is 3.57. The molecule has 0 saturated heterocycles. The molecule has 0 aliphatic heterocycles. The summed E-state index contributed by atoms with van der Waals surface area (Å²) in [4.78, 5) is 12.8. The molecule has 0 spiro atoms. The third kappa shape index (κ3) is 5.32. The Hall–Kier alpha value is -3.84. The van der Waals surface area contributed by atoms with E-state index in [0.717, 1.165) is 11.1 Å². The van der Waals surface area contributed by atoms with Crippen molar-refractivity contribution >= 4 is 5.91 Å². The van der Waals surface area contributed by atoms with Crippen molar-refractivity contribution in [1.29, 1.82) is 0 Å². The van der Waals surface area contributed by atoms with Gasteiger partial charge in [-0.15, -0.1) is 10.2 Å². The second kappa shape index (κ2) is 9.34. The number of amides is 1. The van der Waals surface area contributed by atoms with Crippen LogP contribution in [0.4, 0.5) is 4.39 Å². The number of hydrogen-bond acceptors (Lipinski definition) is 5. The fourth-order valence-electron chi connectivity index (χ4n) is 3.57. The Morgan fingerprint density at radius 1 is 1.06 bits per heavy atom. The molecule has 33 heavy (non-hydrogen) atoms. The average Bonchev–Trinajstić information content (AvgIpc) is 3.31. The minimum atomic E-state index is -0.841. The van der Waals surface area contributed by atoms with Crippen LogP contribution in [0.1, 0.15) is 47.3 Å². The smallest absolute Gasteiger partial charge is 0.251 e. The number of nitrogens with two attached hydrogens (primary N) is 1. The Morgan fingerprint density at radius 3 is 2.52 bits per heavy atom. The zero-order chi connectivity index (χ0) is 23.4. The van der Waals surface area contributed by atoms with Gasteiger partial charge in [-0.1, -0.05) is 48.5 Å². The molecule has 3 aromatic carbocycles. The highest BCUT2D eigenvalue weighted by Crippen LogP contribution is 2.26. The maximum absolute atomic E-state index is 13.2. The predicted molar refractivity (Wildman–Crippen MR) is 124 cm³/mol. The first-order valence-electron chi connectivity index (χ1n) is 10.7. The normalized spacial score (nSPS) is 13.8. The van der Waals surface area contributed by atoms with E-state index in [2.05, 4.69) is 15.5 Å². The molecular weight excluding hydrogens is 419 g/mol. The molecule has 0 aliphatic rings. The van der Waals surface area contributed by atoms with Gasteiger partial charge in [0.2, 0.25) is 11.8 Å². The molecule has 6 nitrogen and oxygen atoms in total. The minimum absolute atomic E-state index is 0.263. The summed E-state index contributed by atoms with van der Waals surface area (Å²) in [6, 6.07) is 22.6. The fraction of sp³-hybridized carbons (Fsp3) is 0.192. The Kier molecular flexibility index (Phi) is 6.33. The average molecular weight is 445 g/mol. The lowest BCUT2D eigenvalue weighted by atomic mass is 9.94. The molecule has 0 radical (unpaired) electrons. The Balaban J connectivity index is 1.49. The van der Waals surface area contributed by atoms with Gasteiger partial charge in [0.05, 0.1) is 11.6 Å². The molecule has 1 heterocycles. The van der Waals surface area contributed by atoms with E-state index in [1.165, 1.54) is 12.1 Å². The van der Waals surface area contributed by atoms with Crippen LogP contribution in [0.2, 0.25) is 0 Å². The molecule has 2 atom stereocenters. The maximum Gasteiger partial charge on any atom is 0.251 e. The van der Waals surface area contributed by atoms with Crippen LogP contribution in [0, 0.1) is 5.82 Å². The van der Waals surface area contributed by atoms with Crippen molar-refractivity contribution in [2.75, 3.05) is 0 Å². The van der Waals surface area contributed by atoms with Gasteiger partial charge >= 0.3 is 0 Å². The van der Waals surface area contributed by atoms with Crippen molar-refractivity contribution in [2.24, 2.45) is 5.73 Å². The van der Waals surface area contributed by atoms with Crippen LogP contribution in [0.3, 0.4) is 0 Å². The van der Waals surface area contributed by atoms with Crippen LogP contribution in [0.25, 0.3) is 11.5 Å². The molecule has 3 N–H and O–H groups in total. The summed E-state index contributed by atoms with van der Waals surface area (Å²) in [6.45, 7) is 3.69. The van der Waals surface area contributed by atoms with Gasteiger partial charge in [0.1, 0.15) is 5.82 Å². The molecule has 1 aromatic heterocycles. The van der Waals surface area contributed by atoms with E-state index in [4.69, 9.17) is 10.2 Å². The third-order valence-electron chi connectivity index (χ3n) is 5.42. The first kappa shape index (κ1) is 22.4. The lowest BCUT2D eigenvalue weighted by molar-refractivity contribution is 0.0940. The van der Waals surface area contributed by atoms with Gasteiger partial charge in [-0.05, 0) is 61.7 Å². The summed E-state index contributed by atoms with van der Waals surface area (Å²) in [7, 11) is 0. The van der Waals surface area contributed by atoms with Crippen molar-refractivity contribution in [2.45, 2.75) is 31.8 Å².